The zero-order valence-electron chi connectivity index (χ0n) is 15.8. The van der Waals surface area contributed by atoms with Gasteiger partial charge >= 0.3 is 6.18 Å². The van der Waals surface area contributed by atoms with E-state index >= 15 is 0 Å². The van der Waals surface area contributed by atoms with Crippen molar-refractivity contribution in [2.75, 3.05) is 24.4 Å². The summed E-state index contributed by atoms with van der Waals surface area (Å²) < 4.78 is 51.1. The number of amides is 2. The van der Waals surface area contributed by atoms with Gasteiger partial charge in [0.2, 0.25) is 0 Å². The van der Waals surface area contributed by atoms with Gasteiger partial charge in [0.05, 0.1) is 23.9 Å². The minimum absolute atomic E-state index is 0.0196. The van der Waals surface area contributed by atoms with Gasteiger partial charge in [0.25, 0.3) is 11.8 Å². The molecule has 1 fully saturated rings. The lowest BCUT2D eigenvalue weighted by molar-refractivity contribution is -0.137. The molecule has 30 heavy (non-hydrogen) atoms. The van der Waals surface area contributed by atoms with Crippen molar-refractivity contribution in [3.05, 3.63) is 52.5 Å². The highest BCUT2D eigenvalue weighted by atomic mass is 35.5. The normalized spacial score (nSPS) is 16.2. The Labute approximate surface area is 175 Å². The molecular formula is C20H18ClF3N2O4. The number of anilines is 2. The predicted molar refractivity (Wildman–Crippen MR) is 105 cm³/mol. The summed E-state index contributed by atoms with van der Waals surface area (Å²) in [6.45, 7) is 0.434. The van der Waals surface area contributed by atoms with Gasteiger partial charge in [-0.05, 0) is 49.2 Å². The number of benzene rings is 2. The van der Waals surface area contributed by atoms with E-state index < -0.39 is 35.3 Å². The van der Waals surface area contributed by atoms with Crippen LogP contribution in [0.25, 0.3) is 0 Å². The van der Waals surface area contributed by atoms with Gasteiger partial charge in [0.1, 0.15) is 11.9 Å². The second-order valence-electron chi connectivity index (χ2n) is 6.55. The first-order valence-corrected chi connectivity index (χ1v) is 9.35. The summed E-state index contributed by atoms with van der Waals surface area (Å²) in [6, 6.07) is 7.32. The van der Waals surface area contributed by atoms with Crippen LogP contribution in [-0.2, 0) is 15.7 Å². The average Bonchev–Trinajstić information content (AvgIpc) is 3.23. The number of alkyl halides is 3. The monoisotopic (exact) mass is 442 g/mol. The van der Waals surface area contributed by atoms with Crippen molar-refractivity contribution in [2.24, 2.45) is 0 Å². The van der Waals surface area contributed by atoms with Crippen LogP contribution in [0, 0.1) is 0 Å². The Balaban J connectivity index is 1.86. The molecule has 1 atom stereocenters. The second-order valence-corrected chi connectivity index (χ2v) is 6.98. The topological polar surface area (TPSA) is 76.7 Å². The zero-order chi connectivity index (χ0) is 21.9. The zero-order valence-corrected chi connectivity index (χ0v) is 16.6. The van der Waals surface area contributed by atoms with Crippen LogP contribution >= 0.6 is 11.6 Å². The molecule has 1 saturated heterocycles. The van der Waals surface area contributed by atoms with E-state index in [1.54, 1.807) is 0 Å². The van der Waals surface area contributed by atoms with E-state index in [2.05, 4.69) is 10.6 Å². The molecule has 2 amide bonds. The summed E-state index contributed by atoms with van der Waals surface area (Å²) in [5.74, 6) is -1.18. The molecule has 1 unspecified atom stereocenters. The number of methoxy groups -OCH3 is 1. The molecule has 160 valence electrons. The number of halogens is 4. The van der Waals surface area contributed by atoms with Crippen molar-refractivity contribution in [3.63, 3.8) is 0 Å². The summed E-state index contributed by atoms with van der Waals surface area (Å²) in [5, 5.41) is 4.88. The molecule has 6 nitrogen and oxygen atoms in total. The Morgan fingerprint density at radius 1 is 1.17 bits per heavy atom. The lowest BCUT2D eigenvalue weighted by Crippen LogP contribution is -2.27. The molecule has 0 radical (unpaired) electrons. The average molecular weight is 443 g/mol. The molecule has 3 rings (SSSR count). The lowest BCUT2D eigenvalue weighted by Gasteiger charge is -2.17. The van der Waals surface area contributed by atoms with Crippen LogP contribution in [0.1, 0.15) is 28.8 Å². The van der Waals surface area contributed by atoms with Crippen molar-refractivity contribution in [1.82, 2.24) is 0 Å². The van der Waals surface area contributed by atoms with Crippen LogP contribution < -0.4 is 15.4 Å². The Kier molecular flexibility index (Phi) is 6.52. The Morgan fingerprint density at radius 3 is 2.57 bits per heavy atom. The van der Waals surface area contributed by atoms with Crippen molar-refractivity contribution in [2.45, 2.75) is 25.1 Å². The molecular weight excluding hydrogens is 425 g/mol. The van der Waals surface area contributed by atoms with Crippen LogP contribution in [0.2, 0.25) is 5.02 Å². The molecule has 10 heteroatoms. The van der Waals surface area contributed by atoms with Gasteiger partial charge in [-0.1, -0.05) is 11.6 Å². The molecule has 2 aromatic carbocycles. The maximum atomic E-state index is 13.6. The van der Waals surface area contributed by atoms with Crippen molar-refractivity contribution in [1.29, 1.82) is 0 Å². The van der Waals surface area contributed by atoms with E-state index in [1.807, 2.05) is 0 Å². The van der Waals surface area contributed by atoms with E-state index in [4.69, 9.17) is 21.1 Å². The van der Waals surface area contributed by atoms with Crippen molar-refractivity contribution >= 4 is 34.8 Å². The summed E-state index contributed by atoms with van der Waals surface area (Å²) >= 11 is 5.88. The lowest BCUT2D eigenvalue weighted by atomic mass is 10.1. The van der Waals surface area contributed by atoms with Crippen LogP contribution in [0.15, 0.2) is 36.4 Å². The number of nitrogens with one attached hydrogen (secondary N) is 2. The molecule has 1 heterocycles. The molecule has 2 N–H and O–H groups in total. The predicted octanol–water partition coefficient (Wildman–Crippen LogP) is 4.74. The quantitative estimate of drug-likeness (QED) is 0.701. The number of hydrogen-bond acceptors (Lipinski definition) is 4. The van der Waals surface area contributed by atoms with Crippen molar-refractivity contribution in [3.8, 4) is 5.75 Å². The Bertz CT molecular complexity index is 960. The summed E-state index contributed by atoms with van der Waals surface area (Å²) in [4.78, 5) is 24.7. The summed E-state index contributed by atoms with van der Waals surface area (Å²) in [7, 11) is 1.33. The fourth-order valence-electron chi connectivity index (χ4n) is 3.02. The highest BCUT2D eigenvalue weighted by Gasteiger charge is 2.35. The standard InChI is InChI=1S/C20H18ClF3N2O4/c1-29-16-7-4-11(21)9-13(16)18(27)26-15-6-5-12(10-14(15)20(22,23)24)25-19(28)17-3-2-8-30-17/h4-7,9-10,17H,2-3,8H2,1H3,(H,25,28)(H,26,27). The minimum atomic E-state index is -4.77. The summed E-state index contributed by atoms with van der Waals surface area (Å²) in [5.41, 5.74) is -1.65. The third-order valence-electron chi connectivity index (χ3n) is 4.47. The van der Waals surface area contributed by atoms with Crippen molar-refractivity contribution < 1.29 is 32.2 Å². The Morgan fingerprint density at radius 2 is 1.93 bits per heavy atom. The SMILES string of the molecule is COc1ccc(Cl)cc1C(=O)Nc1ccc(NC(=O)C2CCCO2)cc1C(F)(F)F. The van der Waals surface area contributed by atoms with E-state index in [0.717, 1.165) is 12.1 Å². The molecule has 0 spiro atoms. The maximum Gasteiger partial charge on any atom is 0.418 e. The van der Waals surface area contributed by atoms with Crippen LogP contribution in [0.4, 0.5) is 24.5 Å². The number of hydrogen-bond donors (Lipinski definition) is 2. The smallest absolute Gasteiger partial charge is 0.418 e. The number of ether oxygens (including phenoxy) is 2. The van der Waals surface area contributed by atoms with Gasteiger partial charge in [-0.2, -0.15) is 13.2 Å². The molecule has 1 aliphatic rings. The third-order valence-corrected chi connectivity index (χ3v) is 4.70. The number of carbonyl (C=O) groups is 2. The van der Waals surface area contributed by atoms with Gasteiger partial charge in [0, 0.05) is 17.3 Å². The van der Waals surface area contributed by atoms with E-state index in [0.29, 0.717) is 19.4 Å². The first-order valence-electron chi connectivity index (χ1n) is 8.97. The highest BCUT2D eigenvalue weighted by molar-refractivity contribution is 6.31. The van der Waals surface area contributed by atoms with E-state index in [9.17, 15) is 22.8 Å². The minimum Gasteiger partial charge on any atom is -0.496 e. The molecule has 0 saturated carbocycles. The molecule has 2 aromatic rings. The van der Waals surface area contributed by atoms with Crippen LogP contribution in [-0.4, -0.2) is 31.6 Å². The highest BCUT2D eigenvalue weighted by Crippen LogP contribution is 2.37. The molecule has 0 aliphatic carbocycles. The van der Waals surface area contributed by atoms with Gasteiger partial charge in [0.15, 0.2) is 0 Å². The van der Waals surface area contributed by atoms with Gasteiger partial charge < -0.3 is 20.1 Å². The maximum absolute atomic E-state index is 13.6. The largest absolute Gasteiger partial charge is 0.496 e. The van der Waals surface area contributed by atoms with Gasteiger partial charge in [-0.3, -0.25) is 9.59 Å². The number of carbonyl (C=O) groups excluding carboxylic acids is 2. The Hall–Kier alpha value is -2.78. The summed E-state index contributed by atoms with van der Waals surface area (Å²) in [6.07, 6.45) is -4.24. The van der Waals surface area contributed by atoms with Gasteiger partial charge in [-0.15, -0.1) is 0 Å². The van der Waals surface area contributed by atoms with Gasteiger partial charge in [-0.25, -0.2) is 0 Å². The first kappa shape index (κ1) is 21.9. The van der Waals surface area contributed by atoms with E-state index in [-0.39, 0.29) is 22.0 Å². The molecule has 0 aromatic heterocycles. The fourth-order valence-corrected chi connectivity index (χ4v) is 3.19. The van der Waals surface area contributed by atoms with E-state index in [1.165, 1.54) is 31.4 Å². The number of rotatable bonds is 5. The second kappa shape index (κ2) is 8.93. The van der Waals surface area contributed by atoms with Crippen LogP contribution in [0.3, 0.4) is 0 Å². The molecule has 0 bridgehead atoms. The molecule has 1 aliphatic heterocycles. The van der Waals surface area contributed by atoms with Crippen LogP contribution in [0.5, 0.6) is 5.75 Å². The fraction of sp³-hybridized carbons (Fsp3) is 0.300. The first-order chi connectivity index (χ1) is 14.2. The third kappa shape index (κ3) is 5.03.